The number of β-lactam (4-membered cyclic amide) rings is 1. The van der Waals surface area contributed by atoms with Gasteiger partial charge in [-0.2, -0.15) is 0 Å². The third-order valence-corrected chi connectivity index (χ3v) is 11.8. The molecule has 1 fully saturated rings. The summed E-state index contributed by atoms with van der Waals surface area (Å²) in [5.41, 5.74) is -0.116. The van der Waals surface area contributed by atoms with Gasteiger partial charge in [-0.3, -0.25) is 14.5 Å². The van der Waals surface area contributed by atoms with Crippen molar-refractivity contribution < 1.29 is 33.9 Å². The Hall–Kier alpha value is -4.74. The van der Waals surface area contributed by atoms with Gasteiger partial charge in [0.15, 0.2) is 10.8 Å². The number of benzene rings is 3. The Kier molecular flexibility index (Phi) is 11.7. The molecule has 2 atom stereocenters. The molecule has 3 aromatic carbocycles. The fourth-order valence-corrected chi connectivity index (χ4v) is 9.27. The maximum absolute atomic E-state index is 14.2. The number of aliphatic carboxylic acids is 1. The van der Waals surface area contributed by atoms with Crippen molar-refractivity contribution in [3.63, 3.8) is 0 Å². The Morgan fingerprint density at radius 2 is 1.47 bits per heavy atom. The molecule has 0 aliphatic carbocycles. The number of halogens is 1. The van der Waals surface area contributed by atoms with Crippen LogP contribution in [0, 0.1) is 0 Å². The average molecular weight is 894 g/mol. The molecule has 0 radical (unpaired) electrons. The second-order valence-electron chi connectivity index (χ2n) is 14.3. The normalized spacial score (nSPS) is 17.5. The molecule has 6 rings (SSSR count). The number of carboxylic acids is 1. The van der Waals surface area contributed by atoms with Crippen LogP contribution in [-0.2, 0) is 34.3 Å². The van der Waals surface area contributed by atoms with Crippen LogP contribution >= 0.6 is 45.7 Å². The number of ether oxygens (including phenoxy) is 1. The molecular weight excluding hydrogens is 854 g/mol. The van der Waals surface area contributed by atoms with Crippen molar-refractivity contribution in [1.29, 1.82) is 0 Å². The molecule has 3 heterocycles. The summed E-state index contributed by atoms with van der Waals surface area (Å²) in [4.78, 5) is 64.6. The highest BCUT2D eigenvalue weighted by molar-refractivity contribution is 14.1. The summed E-state index contributed by atoms with van der Waals surface area (Å²) in [6.45, 7) is 8.12. The number of carbonyl (C=O) groups is 4. The number of esters is 1. The van der Waals surface area contributed by atoms with Crippen LogP contribution in [0.15, 0.2) is 113 Å². The van der Waals surface area contributed by atoms with E-state index in [-0.39, 0.29) is 17.1 Å². The van der Waals surface area contributed by atoms with Gasteiger partial charge in [-0.15, -0.1) is 23.1 Å². The lowest BCUT2D eigenvalue weighted by Gasteiger charge is -2.49. The van der Waals surface area contributed by atoms with E-state index in [0.717, 1.165) is 16.7 Å². The third-order valence-electron chi connectivity index (χ3n) is 8.83. The molecule has 2 aliphatic heterocycles. The van der Waals surface area contributed by atoms with Crippen LogP contribution in [0.2, 0.25) is 0 Å². The zero-order valence-corrected chi connectivity index (χ0v) is 34.5. The van der Waals surface area contributed by atoms with Gasteiger partial charge < -0.3 is 25.3 Å². The molecule has 15 heteroatoms. The summed E-state index contributed by atoms with van der Waals surface area (Å²) in [6.07, 6.45) is 0. The zero-order chi connectivity index (χ0) is 39.5. The van der Waals surface area contributed by atoms with Crippen LogP contribution in [0.5, 0.6) is 0 Å². The van der Waals surface area contributed by atoms with E-state index >= 15 is 0 Å². The first-order valence-corrected chi connectivity index (χ1v) is 20.8. The summed E-state index contributed by atoms with van der Waals surface area (Å²) in [5, 5.41) is 22.0. The van der Waals surface area contributed by atoms with E-state index in [1.165, 1.54) is 41.8 Å². The lowest BCUT2D eigenvalue weighted by atomic mass is 9.77. The van der Waals surface area contributed by atoms with Gasteiger partial charge in [0.2, 0.25) is 5.60 Å². The fourth-order valence-electron chi connectivity index (χ4n) is 6.18. The van der Waals surface area contributed by atoms with Gasteiger partial charge in [-0.1, -0.05) is 119 Å². The summed E-state index contributed by atoms with van der Waals surface area (Å²) >= 11 is 4.68. The highest BCUT2D eigenvalue weighted by atomic mass is 127. The summed E-state index contributed by atoms with van der Waals surface area (Å²) in [5.74, 6) is -2.86. The van der Waals surface area contributed by atoms with Crippen molar-refractivity contribution >= 4 is 80.3 Å². The van der Waals surface area contributed by atoms with Crippen molar-refractivity contribution in [3.05, 3.63) is 130 Å². The number of hydrogen-bond acceptors (Lipinski definition) is 11. The van der Waals surface area contributed by atoms with Crippen LogP contribution in [-0.4, -0.2) is 77.3 Å². The Bertz CT molecular complexity index is 2040. The number of hydrogen-bond donors (Lipinski definition) is 3. The highest BCUT2D eigenvalue weighted by Crippen LogP contribution is 2.42. The molecule has 2 amide bonds. The average Bonchev–Trinajstić information content (AvgIpc) is 3.63. The van der Waals surface area contributed by atoms with Gasteiger partial charge >= 0.3 is 11.9 Å². The lowest BCUT2D eigenvalue weighted by molar-refractivity contribution is -0.179. The summed E-state index contributed by atoms with van der Waals surface area (Å²) in [6, 6.07) is 28.8. The largest absolute Gasteiger partial charge is 0.477 e. The van der Waals surface area contributed by atoms with E-state index in [2.05, 4.69) is 38.4 Å². The number of aromatic nitrogens is 1. The first-order valence-electron chi connectivity index (χ1n) is 17.3. The Balaban J connectivity index is 1.37. The molecule has 1 aromatic heterocycles. The smallest absolute Gasteiger partial charge is 0.353 e. The number of thioether (sulfide) groups is 1. The Labute approximate surface area is 340 Å². The van der Waals surface area contributed by atoms with Crippen LogP contribution < -0.4 is 10.6 Å². The second kappa shape index (κ2) is 16.2. The molecule has 55 heavy (non-hydrogen) atoms. The topological polar surface area (TPSA) is 160 Å². The maximum atomic E-state index is 14.2. The molecular formula is C40H40IN5O7S2. The maximum Gasteiger partial charge on any atom is 0.353 e. The van der Waals surface area contributed by atoms with E-state index in [1.807, 2.05) is 91.0 Å². The number of fused-ring (bicyclic) bond motifs is 1. The molecule has 2 aliphatic rings. The number of alkyl halides is 1. The van der Waals surface area contributed by atoms with Gasteiger partial charge in [0.1, 0.15) is 33.9 Å². The van der Waals surface area contributed by atoms with Gasteiger partial charge in [0.25, 0.3) is 11.8 Å². The third kappa shape index (κ3) is 8.28. The lowest BCUT2D eigenvalue weighted by Crippen LogP contribution is -2.71. The van der Waals surface area contributed by atoms with Gasteiger partial charge in [-0.25, -0.2) is 14.6 Å². The van der Waals surface area contributed by atoms with Crippen LogP contribution in [0.4, 0.5) is 5.13 Å². The number of rotatable bonds is 13. The number of oxime groups is 1. The first-order chi connectivity index (χ1) is 26.2. The van der Waals surface area contributed by atoms with Crippen molar-refractivity contribution in [2.24, 2.45) is 5.16 Å². The van der Waals surface area contributed by atoms with Crippen LogP contribution in [0.1, 0.15) is 57.0 Å². The van der Waals surface area contributed by atoms with E-state index < -0.39 is 51.9 Å². The van der Waals surface area contributed by atoms with E-state index in [1.54, 1.807) is 26.2 Å². The number of nitrogens with zero attached hydrogens (tertiary/aromatic N) is 3. The molecule has 0 spiro atoms. The Morgan fingerprint density at radius 1 is 0.927 bits per heavy atom. The highest BCUT2D eigenvalue weighted by Gasteiger charge is 2.54. The number of carboxylic acid groups (broad SMARTS) is 1. The molecule has 1 unspecified atom stereocenters. The van der Waals surface area contributed by atoms with Crippen LogP contribution in [0.3, 0.4) is 0 Å². The van der Waals surface area contributed by atoms with Gasteiger partial charge in [0.05, 0.1) is 0 Å². The van der Waals surface area contributed by atoms with Gasteiger partial charge in [0, 0.05) is 15.6 Å². The predicted octanol–water partition coefficient (Wildman–Crippen LogP) is 6.56. The zero-order valence-electron chi connectivity index (χ0n) is 30.7. The monoisotopic (exact) mass is 893 g/mol. The van der Waals surface area contributed by atoms with Gasteiger partial charge in [-0.05, 0) is 56.9 Å². The van der Waals surface area contributed by atoms with Crippen LogP contribution in [0.25, 0.3) is 0 Å². The van der Waals surface area contributed by atoms with Crippen molar-refractivity contribution in [1.82, 2.24) is 15.2 Å². The van der Waals surface area contributed by atoms with E-state index in [0.29, 0.717) is 20.9 Å². The second-order valence-corrected chi connectivity index (χ2v) is 17.0. The number of nitrogens with one attached hydrogen (secondary N) is 2. The molecule has 0 saturated carbocycles. The molecule has 1 saturated heterocycles. The summed E-state index contributed by atoms with van der Waals surface area (Å²) in [7, 11) is 0. The minimum Gasteiger partial charge on any atom is -0.477 e. The molecule has 286 valence electrons. The Morgan fingerprint density at radius 3 is 1.96 bits per heavy atom. The van der Waals surface area contributed by atoms with Crippen molar-refractivity contribution in [3.8, 4) is 0 Å². The predicted molar refractivity (Wildman–Crippen MR) is 221 cm³/mol. The molecule has 0 bridgehead atoms. The molecule has 12 nitrogen and oxygen atoms in total. The minimum absolute atomic E-state index is 0.0565. The number of thiazole rings is 1. The van der Waals surface area contributed by atoms with E-state index in [9.17, 15) is 24.3 Å². The minimum atomic E-state index is -1.61. The summed E-state index contributed by atoms with van der Waals surface area (Å²) < 4.78 is 5.98. The van der Waals surface area contributed by atoms with Crippen molar-refractivity contribution in [2.45, 2.75) is 62.8 Å². The number of anilines is 1. The molecule has 4 aromatic rings. The van der Waals surface area contributed by atoms with Crippen molar-refractivity contribution in [2.75, 3.05) is 15.5 Å². The fraction of sp³-hybridized carbons (Fsp3) is 0.300. The quantitative estimate of drug-likeness (QED) is 0.0255. The number of carbonyl (C=O) groups excluding carboxylic acids is 3. The number of amides is 2. The van der Waals surface area contributed by atoms with E-state index in [4.69, 9.17) is 14.6 Å². The molecule has 3 N–H and O–H groups in total. The standard InChI is InChI=1S/C40H40IN5O7S2/c1-38(2,3)52-36(51)39(4,5)53-45-29(32(47)43-30-33(48)46-31(35(49)50)24(21-41)22-54-34(30)46)28-23-55-37(42-28)44-40(25-15-9-6-10-16-25,26-17-11-7-12-18-26)27-19-13-8-14-20-27/h6-20,23,30,34H,21-22H2,1-5H3,(H,42,44)(H,43,47)(H,49,50)/b45-29-/t30?,34-/m1/s1. The first kappa shape index (κ1) is 39.9. The SMILES string of the molecule is CC(C)(C)OC(=O)C(C)(C)O/N=C(\C(=O)NC1C(=O)N2C(C(=O)O)=C(CI)CS[C@H]12)c1csc(NC(c2ccccc2)(c2ccccc2)c2ccccc2)n1.